The van der Waals surface area contributed by atoms with Crippen molar-refractivity contribution >= 4 is 28.6 Å². The predicted octanol–water partition coefficient (Wildman–Crippen LogP) is 3.91. The van der Waals surface area contributed by atoms with Crippen LogP contribution in [0.2, 0.25) is 0 Å². The maximum atomic E-state index is 12.6. The summed E-state index contributed by atoms with van der Waals surface area (Å²) >= 11 is 0. The fourth-order valence-corrected chi connectivity index (χ4v) is 4.69. The summed E-state index contributed by atoms with van der Waals surface area (Å²) in [4.78, 5) is 20.1. The molecule has 1 amide bonds. The van der Waals surface area contributed by atoms with Crippen LogP contribution >= 0.6 is 0 Å². The monoisotopic (exact) mass is 415 g/mol. The molecule has 6 heteroatoms. The summed E-state index contributed by atoms with van der Waals surface area (Å²) in [5, 5.41) is 6.55. The Balaban J connectivity index is 1.48. The fourth-order valence-electron chi connectivity index (χ4n) is 4.69. The molecule has 0 spiro atoms. The molecule has 2 aromatic carbocycles. The van der Waals surface area contributed by atoms with E-state index in [-0.39, 0.29) is 5.91 Å². The molecule has 2 saturated heterocycles. The number of anilines is 2. The van der Waals surface area contributed by atoms with Crippen LogP contribution in [0.3, 0.4) is 0 Å². The molecule has 1 aromatic heterocycles. The number of carbonyl (C=O) groups is 1. The van der Waals surface area contributed by atoms with Gasteiger partial charge in [-0.3, -0.25) is 4.79 Å². The summed E-state index contributed by atoms with van der Waals surface area (Å²) in [7, 11) is 0. The summed E-state index contributed by atoms with van der Waals surface area (Å²) in [5.41, 5.74) is 4.73. The van der Waals surface area contributed by atoms with E-state index in [1.165, 1.54) is 5.57 Å². The van der Waals surface area contributed by atoms with E-state index in [1.807, 2.05) is 48.5 Å². The van der Waals surface area contributed by atoms with E-state index >= 15 is 0 Å². The van der Waals surface area contributed by atoms with Crippen LogP contribution < -0.4 is 15.5 Å². The maximum Gasteiger partial charge on any atom is 0.255 e. The molecular weight excluding hydrogens is 386 g/mol. The molecule has 2 fully saturated rings. The molecular formula is C25H29N5O. The molecule has 2 aliphatic rings. The van der Waals surface area contributed by atoms with Crippen LogP contribution in [-0.2, 0) is 6.54 Å². The number of rotatable bonds is 5. The average molecular weight is 416 g/mol. The lowest BCUT2D eigenvalue weighted by atomic mass is 10.0. The van der Waals surface area contributed by atoms with Crippen LogP contribution in [0.25, 0.3) is 11.0 Å². The molecule has 6 nitrogen and oxygen atoms in total. The largest absolute Gasteiger partial charge is 0.342 e. The van der Waals surface area contributed by atoms with Crippen molar-refractivity contribution in [2.75, 3.05) is 36.4 Å². The zero-order chi connectivity index (χ0) is 21.4. The van der Waals surface area contributed by atoms with Gasteiger partial charge in [-0.05, 0) is 56.0 Å². The Morgan fingerprint density at radius 2 is 1.87 bits per heavy atom. The first-order chi connectivity index (χ1) is 15.1. The average Bonchev–Trinajstić information content (AvgIpc) is 3.45. The Morgan fingerprint density at radius 3 is 2.58 bits per heavy atom. The minimum atomic E-state index is -0.101. The zero-order valence-corrected chi connectivity index (χ0v) is 18.1. The van der Waals surface area contributed by atoms with Gasteiger partial charge in [-0.2, -0.15) is 0 Å². The number of hydrogen-bond acceptors (Lipinski definition) is 4. The molecule has 2 unspecified atom stereocenters. The van der Waals surface area contributed by atoms with Crippen LogP contribution in [0.5, 0.6) is 0 Å². The number of imidazole rings is 1. The number of nitrogens with one attached hydrogen (secondary N) is 2. The second kappa shape index (κ2) is 8.19. The van der Waals surface area contributed by atoms with Gasteiger partial charge < -0.3 is 20.1 Å². The SMILES string of the molecule is CC(C)=CCn1c(N2CC3CNCC3C2)nc2ccc(NC(=O)c3ccccc3)cc21. The molecule has 3 heterocycles. The Kier molecular flexibility index (Phi) is 5.24. The lowest BCUT2D eigenvalue weighted by Gasteiger charge is -2.20. The highest BCUT2D eigenvalue weighted by Crippen LogP contribution is 2.33. The van der Waals surface area contributed by atoms with E-state index in [2.05, 4.69) is 40.0 Å². The summed E-state index contributed by atoms with van der Waals surface area (Å²) in [5.74, 6) is 2.35. The highest BCUT2D eigenvalue weighted by molar-refractivity contribution is 6.05. The van der Waals surface area contributed by atoms with Crippen molar-refractivity contribution in [1.82, 2.24) is 14.9 Å². The van der Waals surface area contributed by atoms with Gasteiger partial charge >= 0.3 is 0 Å². The molecule has 160 valence electrons. The third-order valence-electron chi connectivity index (χ3n) is 6.38. The van der Waals surface area contributed by atoms with Crippen molar-refractivity contribution in [3.05, 3.63) is 65.7 Å². The second-order valence-corrected chi connectivity index (χ2v) is 8.91. The maximum absolute atomic E-state index is 12.6. The van der Waals surface area contributed by atoms with E-state index in [9.17, 15) is 4.79 Å². The lowest BCUT2D eigenvalue weighted by molar-refractivity contribution is 0.102. The minimum Gasteiger partial charge on any atom is -0.342 e. The highest BCUT2D eigenvalue weighted by Gasteiger charge is 2.37. The van der Waals surface area contributed by atoms with Gasteiger partial charge in [-0.25, -0.2) is 4.98 Å². The van der Waals surface area contributed by atoms with Gasteiger partial charge in [-0.15, -0.1) is 0 Å². The zero-order valence-electron chi connectivity index (χ0n) is 18.1. The number of aromatic nitrogens is 2. The van der Waals surface area contributed by atoms with Crippen molar-refractivity contribution in [3.63, 3.8) is 0 Å². The van der Waals surface area contributed by atoms with E-state index in [0.717, 1.165) is 55.4 Å². The number of allylic oxidation sites excluding steroid dienone is 2. The van der Waals surface area contributed by atoms with E-state index < -0.39 is 0 Å². The lowest BCUT2D eigenvalue weighted by Crippen LogP contribution is -2.28. The first-order valence-electron chi connectivity index (χ1n) is 11.0. The van der Waals surface area contributed by atoms with E-state index in [1.54, 1.807) is 0 Å². The van der Waals surface area contributed by atoms with E-state index in [0.29, 0.717) is 17.4 Å². The molecule has 2 aliphatic heterocycles. The summed E-state index contributed by atoms with van der Waals surface area (Å²) in [6, 6.07) is 15.3. The van der Waals surface area contributed by atoms with Gasteiger partial charge in [0.1, 0.15) is 0 Å². The van der Waals surface area contributed by atoms with Gasteiger partial charge in [0.2, 0.25) is 5.95 Å². The summed E-state index contributed by atoms with van der Waals surface area (Å²) in [6.45, 7) is 9.32. The summed E-state index contributed by atoms with van der Waals surface area (Å²) < 4.78 is 2.29. The van der Waals surface area contributed by atoms with Gasteiger partial charge in [0.05, 0.1) is 11.0 Å². The van der Waals surface area contributed by atoms with Crippen LogP contribution in [0, 0.1) is 11.8 Å². The summed E-state index contributed by atoms with van der Waals surface area (Å²) in [6.07, 6.45) is 2.23. The first-order valence-corrected chi connectivity index (χ1v) is 11.0. The van der Waals surface area contributed by atoms with Gasteiger partial charge in [0.15, 0.2) is 0 Å². The Labute approximate surface area is 183 Å². The molecule has 3 aromatic rings. The number of carbonyl (C=O) groups excluding carboxylic acids is 1. The smallest absolute Gasteiger partial charge is 0.255 e. The van der Waals surface area contributed by atoms with Crippen molar-refractivity contribution in [2.45, 2.75) is 20.4 Å². The van der Waals surface area contributed by atoms with Crippen molar-refractivity contribution < 1.29 is 4.79 Å². The van der Waals surface area contributed by atoms with Crippen molar-refractivity contribution in [2.24, 2.45) is 11.8 Å². The predicted molar refractivity (Wildman–Crippen MR) is 126 cm³/mol. The second-order valence-electron chi connectivity index (χ2n) is 8.91. The number of amides is 1. The van der Waals surface area contributed by atoms with Crippen LogP contribution in [0.15, 0.2) is 60.2 Å². The van der Waals surface area contributed by atoms with Gasteiger partial charge in [0, 0.05) is 44.0 Å². The number of benzene rings is 2. The first kappa shape index (κ1) is 19.8. The molecule has 2 atom stereocenters. The normalized spacial score (nSPS) is 20.1. The van der Waals surface area contributed by atoms with Crippen molar-refractivity contribution in [3.8, 4) is 0 Å². The molecule has 0 saturated carbocycles. The van der Waals surface area contributed by atoms with Gasteiger partial charge in [-0.1, -0.05) is 29.8 Å². The Morgan fingerprint density at radius 1 is 1.13 bits per heavy atom. The number of nitrogens with zero attached hydrogens (tertiary/aromatic N) is 3. The standard InChI is InChI=1S/C25H29N5O/c1-17(2)10-11-30-23-12-21(27-24(31)18-6-4-3-5-7-18)8-9-22(23)28-25(30)29-15-19-13-26-14-20(19)16-29/h3-10,12,19-20,26H,11,13-16H2,1-2H3,(H,27,31). The number of hydrogen-bond donors (Lipinski definition) is 2. The molecule has 0 radical (unpaired) electrons. The quantitative estimate of drug-likeness (QED) is 0.620. The van der Waals surface area contributed by atoms with Crippen LogP contribution in [0.1, 0.15) is 24.2 Å². The topological polar surface area (TPSA) is 62.2 Å². The molecule has 2 N–H and O–H groups in total. The van der Waals surface area contributed by atoms with Crippen LogP contribution in [0.4, 0.5) is 11.6 Å². The molecule has 5 rings (SSSR count). The molecule has 0 bridgehead atoms. The number of fused-ring (bicyclic) bond motifs is 2. The third-order valence-corrected chi connectivity index (χ3v) is 6.38. The van der Waals surface area contributed by atoms with Gasteiger partial charge in [0.25, 0.3) is 5.91 Å². The molecule has 31 heavy (non-hydrogen) atoms. The van der Waals surface area contributed by atoms with Crippen molar-refractivity contribution in [1.29, 1.82) is 0 Å². The Hall–Kier alpha value is -3.12. The highest BCUT2D eigenvalue weighted by atomic mass is 16.1. The fraction of sp³-hybridized carbons (Fsp3) is 0.360. The minimum absolute atomic E-state index is 0.101. The van der Waals surface area contributed by atoms with Crippen LogP contribution in [-0.4, -0.2) is 41.6 Å². The third kappa shape index (κ3) is 3.95. The molecule has 0 aliphatic carbocycles. The van der Waals surface area contributed by atoms with E-state index in [4.69, 9.17) is 4.98 Å². The Bertz CT molecular complexity index is 1120.